The van der Waals surface area contributed by atoms with Gasteiger partial charge < -0.3 is 15.2 Å². The zero-order valence-electron chi connectivity index (χ0n) is 11.4. The lowest BCUT2D eigenvalue weighted by Crippen LogP contribution is -2.21. The number of nitrogens with zero attached hydrogens (tertiary/aromatic N) is 2. The number of nitriles is 1. The van der Waals surface area contributed by atoms with Crippen LogP contribution in [0.3, 0.4) is 0 Å². The Morgan fingerprint density at radius 2 is 2.24 bits per heavy atom. The van der Waals surface area contributed by atoms with Crippen molar-refractivity contribution >= 4 is 0 Å². The number of benzene rings is 1. The van der Waals surface area contributed by atoms with E-state index in [1.807, 2.05) is 24.3 Å². The van der Waals surface area contributed by atoms with Gasteiger partial charge in [-0.3, -0.25) is 4.98 Å². The summed E-state index contributed by atoms with van der Waals surface area (Å²) < 4.78 is 10.8. The van der Waals surface area contributed by atoms with Crippen LogP contribution in [0.25, 0.3) is 0 Å². The van der Waals surface area contributed by atoms with E-state index in [0.29, 0.717) is 17.1 Å². The van der Waals surface area contributed by atoms with E-state index in [1.165, 1.54) is 0 Å². The molecule has 1 aromatic heterocycles. The number of hydrogen-bond acceptors (Lipinski definition) is 5. The SMILES string of the molecule is COc1ccc2c(c1)OC(N)=C(C#N)[C@H]2c1cccnc1. The second-order valence-corrected chi connectivity index (χ2v) is 4.61. The Bertz CT molecular complexity index is 748. The Kier molecular flexibility index (Phi) is 3.20. The van der Waals surface area contributed by atoms with Crippen LogP contribution in [0.4, 0.5) is 0 Å². The Labute approximate surface area is 122 Å². The molecule has 3 rings (SSSR count). The van der Waals surface area contributed by atoms with Crippen LogP contribution in [0.2, 0.25) is 0 Å². The van der Waals surface area contributed by atoms with Gasteiger partial charge in [0.2, 0.25) is 5.88 Å². The molecule has 1 aliphatic rings. The first-order valence-corrected chi connectivity index (χ1v) is 6.40. The normalized spacial score (nSPS) is 16.7. The summed E-state index contributed by atoms with van der Waals surface area (Å²) in [5, 5.41) is 9.41. The third-order valence-electron chi connectivity index (χ3n) is 3.44. The number of aromatic nitrogens is 1. The Morgan fingerprint density at radius 1 is 1.38 bits per heavy atom. The van der Waals surface area contributed by atoms with Gasteiger partial charge in [-0.1, -0.05) is 12.1 Å². The summed E-state index contributed by atoms with van der Waals surface area (Å²) in [5.74, 6) is 1.11. The van der Waals surface area contributed by atoms with Crippen LogP contribution >= 0.6 is 0 Å². The number of hydrogen-bond donors (Lipinski definition) is 1. The molecule has 0 saturated heterocycles. The molecule has 0 amide bonds. The lowest BCUT2D eigenvalue weighted by atomic mass is 9.84. The van der Waals surface area contributed by atoms with Crippen molar-refractivity contribution in [3.05, 3.63) is 65.3 Å². The zero-order chi connectivity index (χ0) is 14.8. The van der Waals surface area contributed by atoms with Gasteiger partial charge >= 0.3 is 0 Å². The highest BCUT2D eigenvalue weighted by molar-refractivity contribution is 5.56. The van der Waals surface area contributed by atoms with Gasteiger partial charge in [-0.25, -0.2) is 0 Å². The minimum absolute atomic E-state index is 0.118. The quantitative estimate of drug-likeness (QED) is 0.912. The van der Waals surface area contributed by atoms with Crippen molar-refractivity contribution in [2.75, 3.05) is 7.11 Å². The van der Waals surface area contributed by atoms with E-state index in [0.717, 1.165) is 11.1 Å². The summed E-state index contributed by atoms with van der Waals surface area (Å²) in [7, 11) is 1.59. The van der Waals surface area contributed by atoms with Crippen LogP contribution < -0.4 is 15.2 Å². The maximum absolute atomic E-state index is 9.41. The van der Waals surface area contributed by atoms with E-state index in [1.54, 1.807) is 25.6 Å². The molecule has 5 nitrogen and oxygen atoms in total. The minimum atomic E-state index is -0.279. The lowest BCUT2D eigenvalue weighted by Gasteiger charge is -2.26. The molecule has 104 valence electrons. The minimum Gasteiger partial charge on any atom is -0.497 e. The van der Waals surface area contributed by atoms with Crippen LogP contribution in [0.5, 0.6) is 11.5 Å². The number of allylic oxidation sites excluding steroid dienone is 1. The standard InChI is InChI=1S/C16H13N3O2/c1-20-11-4-5-12-14(7-11)21-16(18)13(8-17)15(12)10-3-2-6-19-9-10/h2-7,9,15H,18H2,1H3/t15-/m0/s1. The van der Waals surface area contributed by atoms with Crippen molar-refractivity contribution in [1.82, 2.24) is 4.98 Å². The highest BCUT2D eigenvalue weighted by atomic mass is 16.5. The zero-order valence-corrected chi connectivity index (χ0v) is 11.4. The fraction of sp³-hybridized carbons (Fsp3) is 0.125. The third kappa shape index (κ3) is 2.17. The predicted octanol–water partition coefficient (Wildman–Crippen LogP) is 2.31. The van der Waals surface area contributed by atoms with E-state index in [4.69, 9.17) is 15.2 Å². The summed E-state index contributed by atoms with van der Waals surface area (Å²) in [6.07, 6.45) is 3.42. The molecule has 0 saturated carbocycles. The maximum atomic E-state index is 9.41. The van der Waals surface area contributed by atoms with Gasteiger partial charge in [-0.2, -0.15) is 5.26 Å². The summed E-state index contributed by atoms with van der Waals surface area (Å²) in [6.45, 7) is 0. The lowest BCUT2D eigenvalue weighted by molar-refractivity contribution is 0.381. The average Bonchev–Trinajstić information content (AvgIpc) is 2.53. The van der Waals surface area contributed by atoms with Gasteiger partial charge in [0.1, 0.15) is 23.1 Å². The summed E-state index contributed by atoms with van der Waals surface area (Å²) in [5.41, 5.74) is 8.05. The van der Waals surface area contributed by atoms with Gasteiger partial charge in [0.25, 0.3) is 0 Å². The number of pyridine rings is 1. The fourth-order valence-electron chi connectivity index (χ4n) is 2.45. The molecule has 5 heteroatoms. The molecule has 2 N–H and O–H groups in total. The highest BCUT2D eigenvalue weighted by Crippen LogP contribution is 2.42. The van der Waals surface area contributed by atoms with E-state index < -0.39 is 0 Å². The van der Waals surface area contributed by atoms with Crippen LogP contribution in [0.15, 0.2) is 54.2 Å². The van der Waals surface area contributed by atoms with Crippen molar-refractivity contribution in [3.8, 4) is 17.6 Å². The van der Waals surface area contributed by atoms with Crippen LogP contribution in [-0.4, -0.2) is 12.1 Å². The predicted molar refractivity (Wildman–Crippen MR) is 76.5 cm³/mol. The molecular formula is C16H13N3O2. The molecule has 0 fully saturated rings. The van der Waals surface area contributed by atoms with Gasteiger partial charge in [0.15, 0.2) is 0 Å². The van der Waals surface area contributed by atoms with Crippen molar-refractivity contribution in [3.63, 3.8) is 0 Å². The summed E-state index contributed by atoms with van der Waals surface area (Å²) >= 11 is 0. The van der Waals surface area contributed by atoms with Gasteiger partial charge in [0.05, 0.1) is 13.0 Å². The molecule has 0 radical (unpaired) electrons. The Balaban J connectivity index is 2.20. The number of fused-ring (bicyclic) bond motifs is 1. The van der Waals surface area contributed by atoms with Crippen LogP contribution in [0.1, 0.15) is 17.0 Å². The number of methoxy groups -OCH3 is 1. The number of nitrogens with two attached hydrogens (primary N) is 1. The smallest absolute Gasteiger partial charge is 0.205 e. The largest absolute Gasteiger partial charge is 0.497 e. The summed E-state index contributed by atoms with van der Waals surface area (Å²) in [6, 6.07) is 11.4. The van der Waals surface area contributed by atoms with Crippen molar-refractivity contribution in [1.29, 1.82) is 5.26 Å². The molecular weight excluding hydrogens is 266 g/mol. The van der Waals surface area contributed by atoms with Gasteiger partial charge in [0, 0.05) is 24.0 Å². The first-order chi connectivity index (χ1) is 10.2. The van der Waals surface area contributed by atoms with Gasteiger partial charge in [-0.05, 0) is 17.7 Å². The second-order valence-electron chi connectivity index (χ2n) is 4.61. The molecule has 2 heterocycles. The fourth-order valence-corrected chi connectivity index (χ4v) is 2.45. The average molecular weight is 279 g/mol. The monoisotopic (exact) mass is 279 g/mol. The molecule has 0 aliphatic carbocycles. The molecule has 2 aromatic rings. The number of ether oxygens (including phenoxy) is 2. The first-order valence-electron chi connectivity index (χ1n) is 6.40. The molecule has 21 heavy (non-hydrogen) atoms. The van der Waals surface area contributed by atoms with E-state index in [2.05, 4.69) is 11.1 Å². The van der Waals surface area contributed by atoms with Crippen LogP contribution in [-0.2, 0) is 0 Å². The van der Waals surface area contributed by atoms with Crippen molar-refractivity contribution in [2.45, 2.75) is 5.92 Å². The van der Waals surface area contributed by atoms with Crippen molar-refractivity contribution < 1.29 is 9.47 Å². The number of rotatable bonds is 2. The molecule has 1 aliphatic heterocycles. The van der Waals surface area contributed by atoms with E-state index >= 15 is 0 Å². The first kappa shape index (κ1) is 13.0. The van der Waals surface area contributed by atoms with Gasteiger partial charge in [-0.15, -0.1) is 0 Å². The third-order valence-corrected chi connectivity index (χ3v) is 3.44. The molecule has 0 unspecified atom stereocenters. The molecule has 1 atom stereocenters. The van der Waals surface area contributed by atoms with E-state index in [9.17, 15) is 5.26 Å². The molecule has 0 spiro atoms. The van der Waals surface area contributed by atoms with Crippen LogP contribution in [0, 0.1) is 11.3 Å². The Morgan fingerprint density at radius 3 is 2.90 bits per heavy atom. The highest BCUT2D eigenvalue weighted by Gasteiger charge is 2.30. The maximum Gasteiger partial charge on any atom is 0.205 e. The second kappa shape index (κ2) is 5.17. The summed E-state index contributed by atoms with van der Waals surface area (Å²) in [4.78, 5) is 4.12. The topological polar surface area (TPSA) is 81.2 Å². The van der Waals surface area contributed by atoms with Crippen molar-refractivity contribution in [2.24, 2.45) is 5.73 Å². The molecule has 0 bridgehead atoms. The Hall–Kier alpha value is -3.00. The molecule has 1 aromatic carbocycles. The van der Waals surface area contributed by atoms with E-state index in [-0.39, 0.29) is 11.8 Å².